The third-order valence-corrected chi connectivity index (χ3v) is 3.07. The van der Waals surface area contributed by atoms with E-state index in [2.05, 4.69) is 33.6 Å². The van der Waals surface area contributed by atoms with Crippen molar-refractivity contribution in [1.29, 1.82) is 0 Å². The van der Waals surface area contributed by atoms with Crippen LogP contribution in [0.5, 0.6) is 0 Å². The predicted octanol–water partition coefficient (Wildman–Crippen LogP) is 2.20. The van der Waals surface area contributed by atoms with Gasteiger partial charge >= 0.3 is 0 Å². The van der Waals surface area contributed by atoms with E-state index in [0.717, 1.165) is 36.1 Å². The number of H-pyrrole nitrogens is 1. The van der Waals surface area contributed by atoms with E-state index in [4.69, 9.17) is 12.2 Å². The first kappa shape index (κ1) is 10.7. The van der Waals surface area contributed by atoms with Gasteiger partial charge in [0.2, 0.25) is 5.95 Å². The van der Waals surface area contributed by atoms with Gasteiger partial charge in [-0.3, -0.25) is 4.57 Å². The molecule has 0 spiro atoms. The zero-order valence-corrected chi connectivity index (χ0v) is 10.2. The molecule has 0 bridgehead atoms. The molecule has 0 unspecified atom stereocenters. The summed E-state index contributed by atoms with van der Waals surface area (Å²) in [4.78, 5) is 2.21. The lowest BCUT2D eigenvalue weighted by atomic mass is 10.4. The van der Waals surface area contributed by atoms with Crippen molar-refractivity contribution in [3.8, 4) is 0 Å². The van der Waals surface area contributed by atoms with Crippen molar-refractivity contribution in [3.63, 3.8) is 0 Å². The molecule has 1 fully saturated rings. The standard InChI is InChI=1S/C10H18N4S/c1-3-6-14-9(11-12-10(14)15)13(2)7-8-4-5-8/h8H,3-7H2,1-2H3,(H,12,15). The van der Waals surface area contributed by atoms with Crippen molar-refractivity contribution in [1.82, 2.24) is 14.8 Å². The van der Waals surface area contributed by atoms with Crippen LogP contribution in [0.1, 0.15) is 26.2 Å². The van der Waals surface area contributed by atoms with Gasteiger partial charge in [-0.2, -0.15) is 0 Å². The minimum atomic E-state index is 0.731. The molecule has 1 aromatic rings. The highest BCUT2D eigenvalue weighted by molar-refractivity contribution is 7.71. The van der Waals surface area contributed by atoms with Gasteiger partial charge in [-0.15, -0.1) is 5.10 Å². The molecule has 0 atom stereocenters. The van der Waals surface area contributed by atoms with Gasteiger partial charge in [-0.05, 0) is 37.4 Å². The van der Waals surface area contributed by atoms with Crippen molar-refractivity contribution in [2.24, 2.45) is 5.92 Å². The van der Waals surface area contributed by atoms with E-state index < -0.39 is 0 Å². The number of nitrogens with zero attached hydrogens (tertiary/aromatic N) is 3. The predicted molar refractivity (Wildman–Crippen MR) is 63.7 cm³/mol. The van der Waals surface area contributed by atoms with Gasteiger partial charge in [0.25, 0.3) is 0 Å². The fourth-order valence-electron chi connectivity index (χ4n) is 1.80. The average molecular weight is 226 g/mol. The third-order valence-electron chi connectivity index (χ3n) is 2.76. The number of anilines is 1. The highest BCUT2D eigenvalue weighted by atomic mass is 32.1. The monoisotopic (exact) mass is 226 g/mol. The van der Waals surface area contributed by atoms with E-state index in [0.29, 0.717) is 0 Å². The van der Waals surface area contributed by atoms with E-state index in [9.17, 15) is 0 Å². The zero-order valence-electron chi connectivity index (χ0n) is 9.36. The largest absolute Gasteiger partial charge is 0.344 e. The van der Waals surface area contributed by atoms with Gasteiger partial charge in [0.1, 0.15) is 0 Å². The van der Waals surface area contributed by atoms with E-state index in [1.807, 2.05) is 0 Å². The van der Waals surface area contributed by atoms with Crippen LogP contribution >= 0.6 is 12.2 Å². The van der Waals surface area contributed by atoms with Crippen LogP contribution in [-0.2, 0) is 6.54 Å². The molecule has 1 aliphatic carbocycles. The highest BCUT2D eigenvalue weighted by Crippen LogP contribution is 2.30. The molecular formula is C10H18N4S. The molecular weight excluding hydrogens is 208 g/mol. The summed E-state index contributed by atoms with van der Waals surface area (Å²) in [5.41, 5.74) is 0. The van der Waals surface area contributed by atoms with Crippen LogP contribution < -0.4 is 4.90 Å². The maximum Gasteiger partial charge on any atom is 0.225 e. The lowest BCUT2D eigenvalue weighted by molar-refractivity contribution is 0.646. The molecule has 2 rings (SSSR count). The molecule has 0 saturated heterocycles. The molecule has 1 aliphatic rings. The summed E-state index contributed by atoms with van der Waals surface area (Å²) in [5.74, 6) is 1.85. The van der Waals surface area contributed by atoms with Gasteiger partial charge in [-0.1, -0.05) is 6.92 Å². The Morgan fingerprint density at radius 3 is 2.93 bits per heavy atom. The first-order valence-corrected chi connectivity index (χ1v) is 5.99. The Morgan fingerprint density at radius 1 is 1.60 bits per heavy atom. The van der Waals surface area contributed by atoms with Crippen LogP contribution in [0.15, 0.2) is 0 Å². The Morgan fingerprint density at radius 2 is 2.33 bits per heavy atom. The van der Waals surface area contributed by atoms with Gasteiger partial charge in [-0.25, -0.2) is 5.10 Å². The summed E-state index contributed by atoms with van der Waals surface area (Å²) in [7, 11) is 2.09. The van der Waals surface area contributed by atoms with Crippen LogP contribution in [0, 0.1) is 10.7 Å². The third kappa shape index (κ3) is 2.40. The topological polar surface area (TPSA) is 36.9 Å². The van der Waals surface area contributed by atoms with E-state index >= 15 is 0 Å². The summed E-state index contributed by atoms with van der Waals surface area (Å²) < 4.78 is 2.81. The summed E-state index contributed by atoms with van der Waals surface area (Å²) in [6, 6.07) is 0. The molecule has 15 heavy (non-hydrogen) atoms. The van der Waals surface area contributed by atoms with Crippen LogP contribution in [0.25, 0.3) is 0 Å². The Bertz CT molecular complexity index is 377. The number of aromatic nitrogens is 3. The molecule has 0 aromatic carbocycles. The number of hydrogen-bond acceptors (Lipinski definition) is 3. The number of nitrogens with one attached hydrogen (secondary N) is 1. The summed E-state index contributed by atoms with van der Waals surface area (Å²) in [5, 5.41) is 7.16. The summed E-state index contributed by atoms with van der Waals surface area (Å²) in [6.07, 6.45) is 3.81. The molecule has 84 valence electrons. The first-order valence-electron chi connectivity index (χ1n) is 5.58. The molecule has 0 radical (unpaired) electrons. The molecule has 1 aromatic heterocycles. The SMILES string of the molecule is CCCn1c(N(C)CC2CC2)n[nH]c1=S. The van der Waals surface area contributed by atoms with Gasteiger partial charge in [0, 0.05) is 20.1 Å². The summed E-state index contributed by atoms with van der Waals surface area (Å²) >= 11 is 5.21. The molecule has 4 nitrogen and oxygen atoms in total. The maximum absolute atomic E-state index is 5.21. The highest BCUT2D eigenvalue weighted by Gasteiger charge is 2.24. The Kier molecular flexibility index (Phi) is 3.09. The first-order chi connectivity index (χ1) is 7.22. The van der Waals surface area contributed by atoms with Crippen molar-refractivity contribution >= 4 is 18.2 Å². The smallest absolute Gasteiger partial charge is 0.225 e. The zero-order chi connectivity index (χ0) is 10.8. The van der Waals surface area contributed by atoms with Gasteiger partial charge < -0.3 is 4.90 Å². The quantitative estimate of drug-likeness (QED) is 0.782. The molecule has 1 saturated carbocycles. The van der Waals surface area contributed by atoms with E-state index in [1.54, 1.807) is 0 Å². The van der Waals surface area contributed by atoms with Gasteiger partial charge in [0.15, 0.2) is 4.77 Å². The Hall–Kier alpha value is -0.840. The minimum Gasteiger partial charge on any atom is -0.344 e. The van der Waals surface area contributed by atoms with Crippen molar-refractivity contribution < 1.29 is 0 Å². The molecule has 5 heteroatoms. The molecule has 0 amide bonds. The number of rotatable bonds is 5. The fourth-order valence-corrected chi connectivity index (χ4v) is 2.01. The maximum atomic E-state index is 5.21. The average Bonchev–Trinajstić information content (AvgIpc) is 2.93. The van der Waals surface area contributed by atoms with E-state index in [1.165, 1.54) is 12.8 Å². The van der Waals surface area contributed by atoms with Crippen LogP contribution in [-0.4, -0.2) is 28.4 Å². The van der Waals surface area contributed by atoms with Crippen molar-refractivity contribution in [2.75, 3.05) is 18.5 Å². The lowest BCUT2D eigenvalue weighted by Crippen LogP contribution is -2.23. The second kappa shape index (κ2) is 4.35. The Labute approximate surface area is 95.3 Å². The van der Waals surface area contributed by atoms with E-state index in [-0.39, 0.29) is 0 Å². The van der Waals surface area contributed by atoms with Crippen LogP contribution in [0.2, 0.25) is 0 Å². The molecule has 1 heterocycles. The molecule has 0 aliphatic heterocycles. The second-order valence-electron chi connectivity index (χ2n) is 4.30. The number of aromatic amines is 1. The fraction of sp³-hybridized carbons (Fsp3) is 0.800. The van der Waals surface area contributed by atoms with Crippen LogP contribution in [0.3, 0.4) is 0 Å². The van der Waals surface area contributed by atoms with Crippen molar-refractivity contribution in [3.05, 3.63) is 4.77 Å². The lowest BCUT2D eigenvalue weighted by Gasteiger charge is -2.18. The minimum absolute atomic E-state index is 0.731. The number of hydrogen-bond donors (Lipinski definition) is 1. The van der Waals surface area contributed by atoms with Gasteiger partial charge in [0.05, 0.1) is 0 Å². The molecule has 1 N–H and O–H groups in total. The summed E-state index contributed by atoms with van der Waals surface area (Å²) in [6.45, 7) is 4.20. The second-order valence-corrected chi connectivity index (χ2v) is 4.69. The van der Waals surface area contributed by atoms with Crippen molar-refractivity contribution in [2.45, 2.75) is 32.7 Å². The normalized spacial score (nSPS) is 15.6. The Balaban J connectivity index is 2.14. The van der Waals surface area contributed by atoms with Crippen LogP contribution in [0.4, 0.5) is 5.95 Å².